The van der Waals surface area contributed by atoms with Crippen LogP contribution in [0.1, 0.15) is 22.9 Å². The fourth-order valence-corrected chi connectivity index (χ4v) is 5.23. The highest BCUT2D eigenvalue weighted by Crippen LogP contribution is 2.27. The molecule has 0 aliphatic carbocycles. The maximum Gasteiger partial charge on any atom is 0.224 e. The molecule has 0 spiro atoms. The Morgan fingerprint density at radius 3 is 2.55 bits per heavy atom. The average Bonchev–Trinajstić information content (AvgIpc) is 3.15. The van der Waals surface area contributed by atoms with Gasteiger partial charge in [-0.2, -0.15) is 0 Å². The van der Waals surface area contributed by atoms with Gasteiger partial charge in [0.05, 0.1) is 23.5 Å². The summed E-state index contributed by atoms with van der Waals surface area (Å²) >= 11 is 1.58. The van der Waals surface area contributed by atoms with Gasteiger partial charge in [0.1, 0.15) is 0 Å². The van der Waals surface area contributed by atoms with Gasteiger partial charge in [0.2, 0.25) is 5.91 Å². The molecular weight excluding hydrogens is 318 g/mol. The highest BCUT2D eigenvalue weighted by Gasteiger charge is 2.34. The van der Waals surface area contributed by atoms with Gasteiger partial charge in [0.15, 0.2) is 9.84 Å². The van der Waals surface area contributed by atoms with Crippen molar-refractivity contribution in [3.63, 3.8) is 0 Å². The molecule has 2 aromatic rings. The van der Waals surface area contributed by atoms with Gasteiger partial charge >= 0.3 is 0 Å². The predicted octanol–water partition coefficient (Wildman–Crippen LogP) is 2.39. The molecule has 0 unspecified atom stereocenters. The lowest BCUT2D eigenvalue weighted by Crippen LogP contribution is -2.34. The van der Waals surface area contributed by atoms with Crippen LogP contribution in [-0.4, -0.2) is 25.8 Å². The molecule has 4 nitrogen and oxygen atoms in total. The van der Waals surface area contributed by atoms with Crippen molar-refractivity contribution in [2.24, 2.45) is 5.92 Å². The summed E-state index contributed by atoms with van der Waals surface area (Å²) in [5.74, 6) is -0.537. The van der Waals surface area contributed by atoms with Crippen molar-refractivity contribution in [2.75, 3.05) is 11.5 Å². The fourth-order valence-electron chi connectivity index (χ4n) is 2.68. The third-order valence-corrected chi connectivity index (χ3v) is 6.56. The van der Waals surface area contributed by atoms with Gasteiger partial charge in [-0.15, -0.1) is 11.3 Å². The Labute approximate surface area is 134 Å². The number of sulfone groups is 1. The van der Waals surface area contributed by atoms with Crippen molar-refractivity contribution >= 4 is 27.1 Å². The molecule has 1 amide bonds. The zero-order valence-electron chi connectivity index (χ0n) is 11.9. The number of benzene rings is 1. The van der Waals surface area contributed by atoms with Crippen molar-refractivity contribution < 1.29 is 13.2 Å². The lowest BCUT2D eigenvalue weighted by molar-refractivity contribution is -0.124. The summed E-state index contributed by atoms with van der Waals surface area (Å²) in [5, 5.41) is 4.99. The zero-order valence-corrected chi connectivity index (χ0v) is 13.6. The molecule has 6 heteroatoms. The monoisotopic (exact) mass is 335 g/mol. The average molecular weight is 335 g/mol. The molecule has 2 heterocycles. The molecule has 1 aromatic heterocycles. The highest BCUT2D eigenvalue weighted by atomic mass is 32.2. The van der Waals surface area contributed by atoms with Crippen molar-refractivity contribution in [1.29, 1.82) is 0 Å². The Morgan fingerprint density at radius 2 is 1.95 bits per heavy atom. The van der Waals surface area contributed by atoms with Crippen LogP contribution in [-0.2, 0) is 14.6 Å². The second kappa shape index (κ2) is 6.22. The van der Waals surface area contributed by atoms with Crippen LogP contribution in [0.25, 0.3) is 0 Å². The molecule has 1 aliphatic heterocycles. The first-order valence-electron chi connectivity index (χ1n) is 7.14. The summed E-state index contributed by atoms with van der Waals surface area (Å²) in [4.78, 5) is 13.5. The van der Waals surface area contributed by atoms with Gasteiger partial charge in [-0.25, -0.2) is 8.42 Å². The van der Waals surface area contributed by atoms with E-state index in [0.717, 1.165) is 10.4 Å². The molecule has 0 saturated carbocycles. The Balaban J connectivity index is 1.81. The molecule has 1 fully saturated rings. The normalized spacial score (nSPS) is 21.4. The quantitative estimate of drug-likeness (QED) is 0.933. The maximum absolute atomic E-state index is 12.4. The molecule has 1 N–H and O–H groups in total. The predicted molar refractivity (Wildman–Crippen MR) is 87.5 cm³/mol. The summed E-state index contributed by atoms with van der Waals surface area (Å²) in [6, 6.07) is 13.4. The molecule has 3 rings (SSSR count). The van der Waals surface area contributed by atoms with E-state index in [4.69, 9.17) is 0 Å². The SMILES string of the molecule is O=C(N[C@@H](c1ccccc1)c1cccs1)[C@@H]1CCS(=O)(=O)C1. The second-order valence-electron chi connectivity index (χ2n) is 5.47. The van der Waals surface area contributed by atoms with E-state index in [2.05, 4.69) is 5.32 Å². The number of hydrogen-bond acceptors (Lipinski definition) is 4. The van der Waals surface area contributed by atoms with E-state index >= 15 is 0 Å². The fraction of sp³-hybridized carbons (Fsp3) is 0.312. The van der Waals surface area contributed by atoms with E-state index in [1.165, 1.54) is 0 Å². The van der Waals surface area contributed by atoms with E-state index in [1.54, 1.807) is 11.3 Å². The van der Waals surface area contributed by atoms with E-state index in [9.17, 15) is 13.2 Å². The molecule has 1 aromatic carbocycles. The third kappa shape index (κ3) is 3.39. The minimum Gasteiger partial charge on any atom is -0.344 e. The van der Waals surface area contributed by atoms with E-state index in [1.807, 2.05) is 47.8 Å². The number of amides is 1. The Hall–Kier alpha value is -1.66. The van der Waals surface area contributed by atoms with E-state index in [0.29, 0.717) is 6.42 Å². The summed E-state index contributed by atoms with van der Waals surface area (Å²) < 4.78 is 23.1. The van der Waals surface area contributed by atoms with Crippen LogP contribution in [0.4, 0.5) is 0 Å². The number of nitrogens with one attached hydrogen (secondary N) is 1. The smallest absolute Gasteiger partial charge is 0.224 e. The molecule has 2 atom stereocenters. The topological polar surface area (TPSA) is 63.2 Å². The minimum absolute atomic E-state index is 0.0369. The van der Waals surface area contributed by atoms with Crippen LogP contribution in [0.5, 0.6) is 0 Å². The van der Waals surface area contributed by atoms with Crippen molar-refractivity contribution in [2.45, 2.75) is 12.5 Å². The highest BCUT2D eigenvalue weighted by molar-refractivity contribution is 7.91. The van der Waals surface area contributed by atoms with Gasteiger partial charge in [0.25, 0.3) is 0 Å². The first-order valence-corrected chi connectivity index (χ1v) is 9.84. The van der Waals surface area contributed by atoms with Crippen molar-refractivity contribution in [3.8, 4) is 0 Å². The van der Waals surface area contributed by atoms with Crippen LogP contribution >= 0.6 is 11.3 Å². The summed E-state index contributed by atoms with van der Waals surface area (Å²) in [7, 11) is -3.05. The molecule has 1 saturated heterocycles. The Bertz CT molecular complexity index is 739. The molecule has 0 bridgehead atoms. The van der Waals surface area contributed by atoms with Gasteiger partial charge in [-0.3, -0.25) is 4.79 Å². The molecule has 1 aliphatic rings. The summed E-state index contributed by atoms with van der Waals surface area (Å²) in [6.07, 6.45) is 0.417. The zero-order chi connectivity index (χ0) is 15.6. The second-order valence-corrected chi connectivity index (χ2v) is 8.68. The molecule has 116 valence electrons. The molecular formula is C16H17NO3S2. The molecule has 0 radical (unpaired) electrons. The van der Waals surface area contributed by atoms with Crippen molar-refractivity contribution in [1.82, 2.24) is 5.32 Å². The van der Waals surface area contributed by atoms with Crippen LogP contribution in [0.15, 0.2) is 47.8 Å². The number of rotatable bonds is 4. The first-order chi connectivity index (χ1) is 10.6. The van der Waals surface area contributed by atoms with Gasteiger partial charge in [0, 0.05) is 4.88 Å². The maximum atomic E-state index is 12.4. The minimum atomic E-state index is -3.05. The van der Waals surface area contributed by atoms with E-state index in [-0.39, 0.29) is 23.5 Å². The van der Waals surface area contributed by atoms with E-state index < -0.39 is 15.8 Å². The van der Waals surface area contributed by atoms with Gasteiger partial charge in [-0.1, -0.05) is 36.4 Å². The molecule has 22 heavy (non-hydrogen) atoms. The van der Waals surface area contributed by atoms with Crippen molar-refractivity contribution in [3.05, 3.63) is 58.3 Å². The Morgan fingerprint density at radius 1 is 1.18 bits per heavy atom. The number of carbonyl (C=O) groups is 1. The van der Waals surface area contributed by atoms with Crippen LogP contribution in [0.2, 0.25) is 0 Å². The van der Waals surface area contributed by atoms with Crippen LogP contribution in [0.3, 0.4) is 0 Å². The first kappa shape index (κ1) is 15.2. The lowest BCUT2D eigenvalue weighted by Gasteiger charge is -2.20. The number of carbonyl (C=O) groups excluding carboxylic acids is 1. The summed E-state index contributed by atoms with van der Waals surface area (Å²) in [6.45, 7) is 0. The third-order valence-electron chi connectivity index (χ3n) is 3.85. The summed E-state index contributed by atoms with van der Waals surface area (Å²) in [5.41, 5.74) is 0.999. The largest absolute Gasteiger partial charge is 0.344 e. The van der Waals surface area contributed by atoms with Gasteiger partial charge < -0.3 is 5.32 Å². The number of thiophene rings is 1. The van der Waals surface area contributed by atoms with Crippen LogP contribution in [0, 0.1) is 5.92 Å². The standard InChI is InChI=1S/C16H17NO3S2/c18-16(13-8-10-22(19,20)11-13)17-15(14-7-4-9-21-14)12-5-2-1-3-6-12/h1-7,9,13,15H,8,10-11H2,(H,17,18)/t13-,15+/m1/s1. The Kier molecular flexibility index (Phi) is 4.31. The van der Waals surface area contributed by atoms with Crippen LogP contribution < -0.4 is 5.32 Å². The lowest BCUT2D eigenvalue weighted by atomic mass is 10.0. The number of hydrogen-bond donors (Lipinski definition) is 1. The van der Waals surface area contributed by atoms with Gasteiger partial charge in [-0.05, 0) is 23.4 Å².